The number of carbonyl (C=O) groups excluding carboxylic acids is 1. The van der Waals surface area contributed by atoms with Crippen molar-refractivity contribution in [2.24, 2.45) is 0 Å². The number of fused-ring (bicyclic) bond motifs is 1. The van der Waals surface area contributed by atoms with Crippen molar-refractivity contribution in [2.75, 3.05) is 24.5 Å². The maximum Gasteiger partial charge on any atom is 0.244 e. The lowest BCUT2D eigenvalue weighted by Crippen LogP contribution is -2.28. The predicted octanol–water partition coefficient (Wildman–Crippen LogP) is 3.33. The quantitative estimate of drug-likeness (QED) is 0.413. The zero-order valence-electron chi connectivity index (χ0n) is 14.3. The van der Waals surface area contributed by atoms with Gasteiger partial charge in [0, 0.05) is 36.4 Å². The molecule has 0 atom stereocenters. The molecule has 0 radical (unpaired) electrons. The summed E-state index contributed by atoms with van der Waals surface area (Å²) < 4.78 is 0. The minimum atomic E-state index is -0.209. The van der Waals surface area contributed by atoms with Crippen LogP contribution in [0, 0.1) is 0 Å². The highest BCUT2D eigenvalue weighted by atomic mass is 35.5. The first-order valence-electron chi connectivity index (χ1n) is 8.54. The lowest BCUT2D eigenvalue weighted by molar-refractivity contribution is -0.116. The third kappa shape index (κ3) is 4.49. The van der Waals surface area contributed by atoms with Gasteiger partial charge in [-0.2, -0.15) is 0 Å². The number of rotatable bonds is 6. The molecule has 3 N–H and O–H groups in total. The van der Waals surface area contributed by atoms with Gasteiger partial charge in [0.2, 0.25) is 5.91 Å². The molecule has 2 aromatic rings. The molecule has 3 rings (SSSR count). The fraction of sp³-hybridized carbons (Fsp3) is 0.250. The molecule has 0 fully saturated rings. The molecule has 1 heterocycles. The molecule has 6 heteroatoms. The molecule has 1 aliphatic rings. The van der Waals surface area contributed by atoms with E-state index in [1.54, 1.807) is 12.1 Å². The lowest BCUT2D eigenvalue weighted by Gasteiger charge is -2.19. The Balaban J connectivity index is 1.42. The molecule has 1 amide bonds. The van der Waals surface area contributed by atoms with Gasteiger partial charge in [-0.05, 0) is 60.4 Å². The van der Waals surface area contributed by atoms with Crippen LogP contribution in [0.1, 0.15) is 17.5 Å². The molecule has 0 unspecified atom stereocenters. The molecule has 136 valence electrons. The van der Waals surface area contributed by atoms with Gasteiger partial charge in [0.05, 0.1) is 0 Å². The summed E-state index contributed by atoms with van der Waals surface area (Å²) in [6.45, 7) is 2.45. The summed E-state index contributed by atoms with van der Waals surface area (Å²) in [5.74, 6) is -0.580. The topological polar surface area (TPSA) is 72.8 Å². The standard InChI is InChI=1S/C20H21ClN2O3/c21-16-4-5-17-15(13-16)8-11-23(17)10-1-9-22-20(26)7-3-14-2-6-18(24)19(25)12-14/h2-7,12-13,24-25H,1,8-11H2,(H,22,26)/b7-3+. The van der Waals surface area contributed by atoms with Crippen molar-refractivity contribution in [3.63, 3.8) is 0 Å². The van der Waals surface area contributed by atoms with Gasteiger partial charge in [-0.3, -0.25) is 4.79 Å². The van der Waals surface area contributed by atoms with E-state index in [-0.39, 0.29) is 17.4 Å². The average molecular weight is 373 g/mol. The molecule has 0 aromatic heterocycles. The number of halogens is 1. The van der Waals surface area contributed by atoms with Crippen molar-refractivity contribution in [2.45, 2.75) is 12.8 Å². The Hall–Kier alpha value is -2.66. The van der Waals surface area contributed by atoms with Crippen molar-refractivity contribution >= 4 is 29.3 Å². The number of anilines is 1. The number of hydrogen-bond acceptors (Lipinski definition) is 4. The van der Waals surface area contributed by atoms with Gasteiger partial charge in [-0.25, -0.2) is 0 Å². The van der Waals surface area contributed by atoms with Gasteiger partial charge in [0.25, 0.3) is 0 Å². The number of phenols is 2. The summed E-state index contributed by atoms with van der Waals surface area (Å²) in [4.78, 5) is 14.2. The van der Waals surface area contributed by atoms with Gasteiger partial charge < -0.3 is 20.4 Å². The van der Waals surface area contributed by atoms with Gasteiger partial charge >= 0.3 is 0 Å². The van der Waals surface area contributed by atoms with Crippen LogP contribution in [0.25, 0.3) is 6.08 Å². The van der Waals surface area contributed by atoms with E-state index in [2.05, 4.69) is 16.3 Å². The molecule has 2 aromatic carbocycles. The summed E-state index contributed by atoms with van der Waals surface area (Å²) in [5, 5.41) is 22.3. The second-order valence-electron chi connectivity index (χ2n) is 6.24. The highest BCUT2D eigenvalue weighted by molar-refractivity contribution is 6.30. The first-order chi connectivity index (χ1) is 12.5. The minimum Gasteiger partial charge on any atom is -0.504 e. The zero-order valence-corrected chi connectivity index (χ0v) is 15.0. The number of phenolic OH excluding ortho intramolecular Hbond substituents is 2. The van der Waals surface area contributed by atoms with Crippen LogP contribution in [0.2, 0.25) is 5.02 Å². The predicted molar refractivity (Wildman–Crippen MR) is 104 cm³/mol. The number of amides is 1. The Morgan fingerprint density at radius 3 is 2.85 bits per heavy atom. The van der Waals surface area contributed by atoms with Crippen molar-refractivity contribution < 1.29 is 15.0 Å². The van der Waals surface area contributed by atoms with E-state index in [1.165, 1.54) is 29.5 Å². The van der Waals surface area contributed by atoms with Crippen molar-refractivity contribution in [1.29, 1.82) is 0 Å². The Morgan fingerprint density at radius 2 is 2.04 bits per heavy atom. The lowest BCUT2D eigenvalue weighted by atomic mass is 10.2. The number of carbonyl (C=O) groups is 1. The largest absolute Gasteiger partial charge is 0.504 e. The molecule has 0 bridgehead atoms. The Morgan fingerprint density at radius 1 is 1.19 bits per heavy atom. The summed E-state index contributed by atoms with van der Waals surface area (Å²) in [6.07, 6.45) is 4.86. The number of benzene rings is 2. The molecule has 0 saturated carbocycles. The van der Waals surface area contributed by atoms with E-state index in [1.807, 2.05) is 12.1 Å². The van der Waals surface area contributed by atoms with Gasteiger partial charge in [0.1, 0.15) is 0 Å². The van der Waals surface area contributed by atoms with Crippen LogP contribution in [-0.2, 0) is 11.2 Å². The molecule has 0 aliphatic carbocycles. The first kappa shape index (κ1) is 18.1. The maximum absolute atomic E-state index is 11.9. The SMILES string of the molecule is O=C(/C=C/c1ccc(O)c(O)c1)NCCCN1CCc2cc(Cl)ccc21. The van der Waals surface area contributed by atoms with Gasteiger partial charge in [-0.15, -0.1) is 0 Å². The van der Waals surface area contributed by atoms with Crippen LogP contribution in [-0.4, -0.2) is 35.8 Å². The van der Waals surface area contributed by atoms with Crippen molar-refractivity contribution in [3.05, 3.63) is 58.6 Å². The first-order valence-corrected chi connectivity index (χ1v) is 8.92. The molecule has 0 spiro atoms. The fourth-order valence-corrected chi connectivity index (χ4v) is 3.22. The van der Waals surface area contributed by atoms with Crippen LogP contribution in [0.4, 0.5) is 5.69 Å². The molecule has 26 heavy (non-hydrogen) atoms. The Kier molecular flexibility index (Phi) is 5.68. The average Bonchev–Trinajstić information content (AvgIpc) is 3.01. The molecule has 5 nitrogen and oxygen atoms in total. The van der Waals surface area contributed by atoms with E-state index in [0.29, 0.717) is 12.1 Å². The van der Waals surface area contributed by atoms with Crippen LogP contribution in [0.15, 0.2) is 42.5 Å². The highest BCUT2D eigenvalue weighted by Gasteiger charge is 2.18. The monoisotopic (exact) mass is 372 g/mol. The molecule has 0 saturated heterocycles. The number of hydrogen-bond donors (Lipinski definition) is 3. The van der Waals surface area contributed by atoms with Crippen molar-refractivity contribution in [1.82, 2.24) is 5.32 Å². The second-order valence-corrected chi connectivity index (χ2v) is 6.67. The van der Waals surface area contributed by atoms with E-state index in [0.717, 1.165) is 31.0 Å². The normalized spacial score (nSPS) is 13.2. The number of nitrogens with one attached hydrogen (secondary N) is 1. The van der Waals surface area contributed by atoms with E-state index in [9.17, 15) is 15.0 Å². The molecular weight excluding hydrogens is 352 g/mol. The fourth-order valence-electron chi connectivity index (χ4n) is 3.03. The van der Waals surface area contributed by atoms with E-state index >= 15 is 0 Å². The smallest absolute Gasteiger partial charge is 0.244 e. The second kappa shape index (κ2) is 8.15. The van der Waals surface area contributed by atoms with Crippen LogP contribution in [0.3, 0.4) is 0 Å². The van der Waals surface area contributed by atoms with Crippen molar-refractivity contribution in [3.8, 4) is 11.5 Å². The Bertz CT molecular complexity index is 836. The third-order valence-electron chi connectivity index (χ3n) is 4.36. The molecule has 1 aliphatic heterocycles. The number of aromatic hydroxyl groups is 2. The maximum atomic E-state index is 11.9. The Labute approximate surface area is 157 Å². The summed E-state index contributed by atoms with van der Waals surface area (Å²) in [6, 6.07) is 10.4. The van der Waals surface area contributed by atoms with Gasteiger partial charge in [0.15, 0.2) is 11.5 Å². The van der Waals surface area contributed by atoms with Gasteiger partial charge in [-0.1, -0.05) is 17.7 Å². The molecular formula is C20H21ClN2O3. The summed E-state index contributed by atoms with van der Waals surface area (Å²) in [5.41, 5.74) is 3.15. The van der Waals surface area contributed by atoms with Crippen LogP contribution < -0.4 is 10.2 Å². The number of nitrogens with zero attached hydrogens (tertiary/aromatic N) is 1. The van der Waals surface area contributed by atoms with E-state index in [4.69, 9.17) is 11.6 Å². The third-order valence-corrected chi connectivity index (χ3v) is 4.60. The summed E-state index contributed by atoms with van der Waals surface area (Å²) in [7, 11) is 0. The highest BCUT2D eigenvalue weighted by Crippen LogP contribution is 2.30. The van der Waals surface area contributed by atoms with Crippen LogP contribution in [0.5, 0.6) is 11.5 Å². The zero-order chi connectivity index (χ0) is 18.5. The van der Waals surface area contributed by atoms with Crippen LogP contribution >= 0.6 is 11.6 Å². The minimum absolute atomic E-state index is 0.183. The van der Waals surface area contributed by atoms with E-state index < -0.39 is 0 Å². The summed E-state index contributed by atoms with van der Waals surface area (Å²) >= 11 is 6.02.